The van der Waals surface area contributed by atoms with E-state index in [0.717, 1.165) is 0 Å². The van der Waals surface area contributed by atoms with Crippen molar-refractivity contribution in [2.24, 2.45) is 0 Å². The first kappa shape index (κ1) is 12.6. The number of hydrogen-bond acceptors (Lipinski definition) is 3. The second kappa shape index (κ2) is 5.57. The molecular formula is C12H14O3S. The first-order valence-electron chi connectivity index (χ1n) is 4.95. The fourth-order valence-corrected chi connectivity index (χ4v) is 2.03. The topological polar surface area (TPSA) is 43.4 Å². The maximum Gasteiger partial charge on any atom is 0.178 e. The molecule has 0 bridgehead atoms. The van der Waals surface area contributed by atoms with Crippen molar-refractivity contribution >= 4 is 9.84 Å². The molecule has 0 atom stereocenters. The summed E-state index contributed by atoms with van der Waals surface area (Å²) in [6, 6.07) is 6.47. The highest BCUT2D eigenvalue weighted by Crippen LogP contribution is 2.18. The third kappa shape index (κ3) is 3.28. The van der Waals surface area contributed by atoms with Crippen LogP contribution in [0, 0.1) is 11.8 Å². The van der Waals surface area contributed by atoms with Gasteiger partial charge in [-0.15, -0.1) is 5.92 Å². The van der Waals surface area contributed by atoms with Crippen LogP contribution in [0.1, 0.15) is 13.8 Å². The van der Waals surface area contributed by atoms with Crippen molar-refractivity contribution in [1.29, 1.82) is 0 Å². The van der Waals surface area contributed by atoms with Crippen molar-refractivity contribution in [2.75, 3.05) is 12.4 Å². The predicted octanol–water partition coefficient (Wildman–Crippen LogP) is 1.88. The number of hydrogen-bond donors (Lipinski definition) is 0. The van der Waals surface area contributed by atoms with Crippen LogP contribution in [0.4, 0.5) is 0 Å². The van der Waals surface area contributed by atoms with E-state index in [1.807, 2.05) is 0 Å². The van der Waals surface area contributed by atoms with E-state index < -0.39 is 9.84 Å². The smallest absolute Gasteiger partial charge is 0.178 e. The van der Waals surface area contributed by atoms with Crippen molar-refractivity contribution in [2.45, 2.75) is 18.7 Å². The van der Waals surface area contributed by atoms with Gasteiger partial charge < -0.3 is 4.74 Å². The molecule has 0 spiro atoms. The van der Waals surface area contributed by atoms with Gasteiger partial charge in [0.15, 0.2) is 9.84 Å². The zero-order chi connectivity index (χ0) is 12.0. The first-order valence-corrected chi connectivity index (χ1v) is 6.60. The number of sulfone groups is 1. The molecule has 0 fully saturated rings. The Hall–Kier alpha value is -1.47. The number of ether oxygens (including phenoxy) is 1. The molecule has 0 aliphatic rings. The molecule has 0 saturated heterocycles. The van der Waals surface area contributed by atoms with Gasteiger partial charge in [-0.25, -0.2) is 8.42 Å². The summed E-state index contributed by atoms with van der Waals surface area (Å²) in [5.74, 6) is 6.06. The monoisotopic (exact) mass is 238 g/mol. The van der Waals surface area contributed by atoms with E-state index in [9.17, 15) is 8.42 Å². The molecule has 16 heavy (non-hydrogen) atoms. The Kier molecular flexibility index (Phi) is 4.39. The van der Waals surface area contributed by atoms with Gasteiger partial charge in [0.2, 0.25) is 0 Å². The molecule has 0 aromatic heterocycles. The van der Waals surface area contributed by atoms with Gasteiger partial charge in [-0.1, -0.05) is 18.9 Å². The molecule has 0 aliphatic carbocycles. The molecule has 3 nitrogen and oxygen atoms in total. The Morgan fingerprint density at radius 2 is 2.12 bits per heavy atom. The fourth-order valence-electron chi connectivity index (χ4n) is 1.12. The quantitative estimate of drug-likeness (QED) is 0.752. The maximum atomic E-state index is 11.6. The molecule has 1 aromatic carbocycles. The highest BCUT2D eigenvalue weighted by atomic mass is 32.2. The summed E-state index contributed by atoms with van der Waals surface area (Å²) < 4.78 is 28.5. The largest absolute Gasteiger partial charge is 0.481 e. The van der Waals surface area contributed by atoms with Gasteiger partial charge in [-0.2, -0.15) is 0 Å². The van der Waals surface area contributed by atoms with Crippen molar-refractivity contribution in [3.8, 4) is 17.6 Å². The molecular weight excluding hydrogens is 224 g/mol. The molecule has 0 radical (unpaired) electrons. The highest BCUT2D eigenvalue weighted by molar-refractivity contribution is 7.91. The Bertz CT molecular complexity index is 507. The van der Waals surface area contributed by atoms with Crippen LogP contribution in [0.15, 0.2) is 29.2 Å². The van der Waals surface area contributed by atoms with Gasteiger partial charge in [0.1, 0.15) is 12.4 Å². The summed E-state index contributed by atoms with van der Waals surface area (Å²) in [6.07, 6.45) is 0. The summed E-state index contributed by atoms with van der Waals surface area (Å²) in [4.78, 5) is 0.289. The summed E-state index contributed by atoms with van der Waals surface area (Å²) >= 11 is 0. The Balaban J connectivity index is 2.90. The Morgan fingerprint density at radius 3 is 2.75 bits per heavy atom. The molecule has 0 saturated carbocycles. The van der Waals surface area contributed by atoms with E-state index in [2.05, 4.69) is 11.8 Å². The molecule has 0 aliphatic heterocycles. The van der Waals surface area contributed by atoms with E-state index in [1.54, 1.807) is 32.0 Å². The zero-order valence-corrected chi connectivity index (χ0v) is 10.2. The van der Waals surface area contributed by atoms with Crippen LogP contribution < -0.4 is 4.74 Å². The van der Waals surface area contributed by atoms with Gasteiger partial charge in [0.25, 0.3) is 0 Å². The lowest BCUT2D eigenvalue weighted by atomic mass is 10.3. The van der Waals surface area contributed by atoms with E-state index in [0.29, 0.717) is 5.75 Å². The van der Waals surface area contributed by atoms with Crippen LogP contribution >= 0.6 is 0 Å². The Morgan fingerprint density at radius 1 is 1.38 bits per heavy atom. The van der Waals surface area contributed by atoms with Gasteiger partial charge in [-0.3, -0.25) is 0 Å². The molecule has 0 heterocycles. The molecule has 0 amide bonds. The maximum absolute atomic E-state index is 11.6. The standard InChI is InChI=1S/C12H14O3S/c1-3-5-9-15-11-7-6-8-12(10-11)16(13,14)4-2/h6-8,10H,4,9H2,1-2H3. The molecule has 4 heteroatoms. The third-order valence-electron chi connectivity index (χ3n) is 2.03. The average molecular weight is 238 g/mol. The van der Waals surface area contributed by atoms with Crippen LogP contribution in [0.25, 0.3) is 0 Å². The minimum atomic E-state index is -3.17. The van der Waals surface area contributed by atoms with Crippen LogP contribution in [0.3, 0.4) is 0 Å². The van der Waals surface area contributed by atoms with Crippen LogP contribution in [-0.2, 0) is 9.84 Å². The molecule has 0 unspecified atom stereocenters. The lowest BCUT2D eigenvalue weighted by Gasteiger charge is -2.05. The van der Waals surface area contributed by atoms with Gasteiger partial charge in [0.05, 0.1) is 10.6 Å². The van der Waals surface area contributed by atoms with Crippen LogP contribution in [0.5, 0.6) is 5.75 Å². The Labute approximate surface area is 96.4 Å². The summed E-state index contributed by atoms with van der Waals surface area (Å²) in [5, 5.41) is 0. The highest BCUT2D eigenvalue weighted by Gasteiger charge is 2.11. The van der Waals surface area contributed by atoms with Crippen LogP contribution in [0.2, 0.25) is 0 Å². The van der Waals surface area contributed by atoms with Crippen molar-refractivity contribution in [3.63, 3.8) is 0 Å². The van der Waals surface area contributed by atoms with Crippen LogP contribution in [-0.4, -0.2) is 20.8 Å². The summed E-state index contributed by atoms with van der Waals surface area (Å²) in [6.45, 7) is 3.61. The number of benzene rings is 1. The van der Waals surface area contributed by atoms with Gasteiger partial charge in [0, 0.05) is 0 Å². The van der Waals surface area contributed by atoms with E-state index >= 15 is 0 Å². The minimum absolute atomic E-state index is 0.0885. The van der Waals surface area contributed by atoms with E-state index in [-0.39, 0.29) is 17.3 Å². The molecule has 1 rings (SSSR count). The fraction of sp³-hybridized carbons (Fsp3) is 0.333. The lowest BCUT2D eigenvalue weighted by molar-refractivity contribution is 0.369. The van der Waals surface area contributed by atoms with Crippen molar-refractivity contribution in [3.05, 3.63) is 24.3 Å². The average Bonchev–Trinajstić information content (AvgIpc) is 2.30. The van der Waals surface area contributed by atoms with Crippen molar-refractivity contribution < 1.29 is 13.2 Å². The third-order valence-corrected chi connectivity index (χ3v) is 3.76. The summed E-state index contributed by atoms with van der Waals surface area (Å²) in [7, 11) is -3.17. The second-order valence-electron chi connectivity index (χ2n) is 3.09. The zero-order valence-electron chi connectivity index (χ0n) is 9.36. The SMILES string of the molecule is CC#CCOc1cccc(S(=O)(=O)CC)c1. The molecule has 0 N–H and O–H groups in total. The number of rotatable bonds is 4. The van der Waals surface area contributed by atoms with Gasteiger partial charge in [-0.05, 0) is 25.1 Å². The second-order valence-corrected chi connectivity index (χ2v) is 5.37. The van der Waals surface area contributed by atoms with E-state index in [1.165, 1.54) is 6.07 Å². The lowest BCUT2D eigenvalue weighted by Crippen LogP contribution is -2.04. The normalized spacial score (nSPS) is 10.4. The van der Waals surface area contributed by atoms with Gasteiger partial charge >= 0.3 is 0 Å². The predicted molar refractivity (Wildman–Crippen MR) is 63.1 cm³/mol. The van der Waals surface area contributed by atoms with Crippen molar-refractivity contribution in [1.82, 2.24) is 0 Å². The first-order chi connectivity index (χ1) is 7.60. The minimum Gasteiger partial charge on any atom is -0.481 e. The molecule has 1 aromatic rings. The molecule has 86 valence electrons. The summed E-state index contributed by atoms with van der Waals surface area (Å²) in [5.41, 5.74) is 0. The van der Waals surface area contributed by atoms with E-state index in [4.69, 9.17) is 4.74 Å².